The maximum Gasteiger partial charge on any atom is 0.168 e. The number of rotatable bonds is 1. The van der Waals surface area contributed by atoms with Crippen LogP contribution in [0.5, 0.6) is 0 Å². The van der Waals surface area contributed by atoms with Gasteiger partial charge in [-0.3, -0.25) is 0 Å². The van der Waals surface area contributed by atoms with Gasteiger partial charge in [-0.2, -0.15) is 4.52 Å². The fraction of sp³-hybridized carbons (Fsp3) is 0.533. The van der Waals surface area contributed by atoms with Crippen LogP contribution in [0.4, 0.5) is 0 Å². The average Bonchev–Trinajstić information content (AvgIpc) is 2.98. The smallest absolute Gasteiger partial charge is 0.168 e. The molecule has 20 heavy (non-hydrogen) atoms. The second-order valence-corrected chi connectivity index (χ2v) is 6.89. The van der Waals surface area contributed by atoms with Gasteiger partial charge in [0, 0.05) is 11.3 Å². The first-order valence-corrected chi connectivity index (χ1v) is 8.15. The van der Waals surface area contributed by atoms with Crippen molar-refractivity contribution in [2.45, 2.75) is 46.5 Å². The van der Waals surface area contributed by atoms with Crippen molar-refractivity contribution in [3.05, 3.63) is 22.1 Å². The maximum atomic E-state index is 4.76. The Labute approximate surface area is 121 Å². The van der Waals surface area contributed by atoms with Gasteiger partial charge in [0.2, 0.25) is 0 Å². The molecule has 0 aromatic carbocycles. The molecule has 0 aliphatic heterocycles. The van der Waals surface area contributed by atoms with Gasteiger partial charge in [0.1, 0.15) is 10.7 Å². The highest BCUT2D eigenvalue weighted by Gasteiger charge is 2.24. The van der Waals surface area contributed by atoms with Gasteiger partial charge >= 0.3 is 0 Å². The van der Waals surface area contributed by atoms with Gasteiger partial charge in [0.15, 0.2) is 11.5 Å². The first-order chi connectivity index (χ1) is 9.67. The van der Waals surface area contributed by atoms with Crippen LogP contribution in [0.15, 0.2) is 0 Å². The van der Waals surface area contributed by atoms with E-state index in [-0.39, 0.29) is 0 Å². The number of hydrogen-bond acceptors (Lipinski definition) is 4. The fourth-order valence-electron chi connectivity index (χ4n) is 3.13. The second kappa shape index (κ2) is 4.25. The van der Waals surface area contributed by atoms with Gasteiger partial charge < -0.3 is 0 Å². The fourth-order valence-corrected chi connectivity index (χ4v) is 4.55. The minimum Gasteiger partial charge on any atom is -0.222 e. The lowest BCUT2D eigenvalue weighted by molar-refractivity contribution is 0.509. The molecule has 3 heterocycles. The molecule has 0 saturated heterocycles. The normalized spacial score (nSPS) is 18.9. The lowest BCUT2D eigenvalue weighted by atomic mass is 9.89. The van der Waals surface area contributed by atoms with E-state index in [0.717, 1.165) is 40.9 Å². The molecule has 4 nitrogen and oxygen atoms in total. The van der Waals surface area contributed by atoms with Crippen LogP contribution in [0.1, 0.15) is 42.4 Å². The van der Waals surface area contributed by atoms with Crippen molar-refractivity contribution in [2.75, 3.05) is 0 Å². The summed E-state index contributed by atoms with van der Waals surface area (Å²) in [4.78, 5) is 12.2. The highest BCUT2D eigenvalue weighted by molar-refractivity contribution is 7.19. The Bertz CT molecular complexity index is 814. The van der Waals surface area contributed by atoms with E-state index in [9.17, 15) is 0 Å². The molecule has 0 radical (unpaired) electrons. The Morgan fingerprint density at radius 2 is 2.20 bits per heavy atom. The minimum absolute atomic E-state index is 0.789. The molecule has 3 aromatic rings. The minimum atomic E-state index is 0.789. The summed E-state index contributed by atoms with van der Waals surface area (Å²) in [6, 6.07) is 0. The van der Waals surface area contributed by atoms with Crippen LogP contribution >= 0.6 is 11.3 Å². The maximum absolute atomic E-state index is 4.76. The number of thiophene rings is 1. The molecule has 0 bridgehead atoms. The Morgan fingerprint density at radius 3 is 3.00 bits per heavy atom. The third-order valence-electron chi connectivity index (χ3n) is 4.25. The molecule has 104 valence electrons. The summed E-state index contributed by atoms with van der Waals surface area (Å²) in [5.74, 6) is 2.63. The molecule has 3 aromatic heterocycles. The molecule has 0 N–H and O–H groups in total. The van der Waals surface area contributed by atoms with Gasteiger partial charge in [0.05, 0.1) is 5.39 Å². The molecule has 1 aliphatic rings. The Morgan fingerprint density at radius 1 is 1.35 bits per heavy atom. The number of aromatic nitrogens is 4. The molecule has 1 aliphatic carbocycles. The van der Waals surface area contributed by atoms with Crippen molar-refractivity contribution in [3.63, 3.8) is 0 Å². The van der Waals surface area contributed by atoms with Gasteiger partial charge in [-0.15, -0.1) is 16.4 Å². The summed E-state index contributed by atoms with van der Waals surface area (Å²) in [6.45, 7) is 6.45. The van der Waals surface area contributed by atoms with Crippen LogP contribution in [0.25, 0.3) is 15.9 Å². The highest BCUT2D eigenvalue weighted by atomic mass is 32.1. The van der Waals surface area contributed by atoms with Crippen LogP contribution < -0.4 is 0 Å². The summed E-state index contributed by atoms with van der Waals surface area (Å²) in [7, 11) is 0. The van der Waals surface area contributed by atoms with E-state index in [2.05, 4.69) is 18.9 Å². The zero-order valence-corrected chi connectivity index (χ0v) is 12.9. The second-order valence-electron chi connectivity index (χ2n) is 5.81. The number of nitrogens with zero attached hydrogens (tertiary/aromatic N) is 4. The third kappa shape index (κ3) is 1.62. The lowest BCUT2D eigenvalue weighted by Gasteiger charge is -2.17. The monoisotopic (exact) mass is 286 g/mol. The van der Waals surface area contributed by atoms with Crippen LogP contribution in [0.2, 0.25) is 0 Å². The zero-order chi connectivity index (χ0) is 13.9. The molecule has 5 heteroatoms. The summed E-state index contributed by atoms with van der Waals surface area (Å²) in [5, 5.41) is 5.83. The first kappa shape index (κ1) is 12.3. The Balaban J connectivity index is 2.10. The molecule has 0 spiro atoms. The van der Waals surface area contributed by atoms with Gasteiger partial charge in [0.25, 0.3) is 0 Å². The van der Waals surface area contributed by atoms with E-state index in [1.54, 1.807) is 0 Å². The van der Waals surface area contributed by atoms with E-state index in [1.807, 2.05) is 22.8 Å². The van der Waals surface area contributed by atoms with Crippen LogP contribution in [-0.4, -0.2) is 19.6 Å². The van der Waals surface area contributed by atoms with E-state index >= 15 is 0 Å². The lowest BCUT2D eigenvalue weighted by Crippen LogP contribution is -2.08. The summed E-state index contributed by atoms with van der Waals surface area (Å²) < 4.78 is 1.92. The van der Waals surface area contributed by atoms with E-state index in [1.165, 1.54) is 28.7 Å². The third-order valence-corrected chi connectivity index (χ3v) is 5.40. The zero-order valence-electron chi connectivity index (χ0n) is 12.1. The molecule has 0 amide bonds. The van der Waals surface area contributed by atoms with E-state index < -0.39 is 0 Å². The van der Waals surface area contributed by atoms with Gasteiger partial charge in [-0.25, -0.2) is 9.97 Å². The quantitative estimate of drug-likeness (QED) is 0.689. The molecular weight excluding hydrogens is 268 g/mol. The number of aryl methyl sites for hydroxylation is 3. The molecule has 4 rings (SSSR count). The van der Waals surface area contributed by atoms with Crippen molar-refractivity contribution in [1.82, 2.24) is 19.6 Å². The Kier molecular flexibility index (Phi) is 2.61. The standard InChI is InChI=1S/C15H18N4S/c1-4-12-17-14-13-10-6-5-8(2)7-11(10)20-15(13)16-9(3)19(14)18-12/h8H,4-7H2,1-3H3/t8-/m1/s1. The van der Waals surface area contributed by atoms with Crippen molar-refractivity contribution >= 4 is 27.2 Å². The summed E-state index contributed by atoms with van der Waals surface area (Å²) in [6.07, 6.45) is 4.49. The molecule has 0 unspecified atom stereocenters. The molecular formula is C15H18N4S. The number of fused-ring (bicyclic) bond motifs is 5. The highest BCUT2D eigenvalue weighted by Crippen LogP contribution is 2.38. The van der Waals surface area contributed by atoms with Crippen molar-refractivity contribution in [2.24, 2.45) is 5.92 Å². The van der Waals surface area contributed by atoms with Crippen LogP contribution in [0.3, 0.4) is 0 Å². The SMILES string of the molecule is CCc1nc2c3c4c(sc3nc(C)n2n1)C[C@H](C)CC4. The van der Waals surface area contributed by atoms with E-state index in [0.29, 0.717) is 0 Å². The van der Waals surface area contributed by atoms with Crippen LogP contribution in [0, 0.1) is 12.8 Å². The van der Waals surface area contributed by atoms with Crippen molar-refractivity contribution in [1.29, 1.82) is 0 Å². The molecule has 0 saturated carbocycles. The molecule has 1 atom stereocenters. The summed E-state index contributed by atoms with van der Waals surface area (Å²) in [5.41, 5.74) is 2.49. The van der Waals surface area contributed by atoms with Crippen LogP contribution in [-0.2, 0) is 19.3 Å². The summed E-state index contributed by atoms with van der Waals surface area (Å²) >= 11 is 1.86. The Hall–Kier alpha value is -1.49. The van der Waals surface area contributed by atoms with Crippen molar-refractivity contribution < 1.29 is 0 Å². The predicted octanol–water partition coefficient (Wildman–Crippen LogP) is 3.33. The number of hydrogen-bond donors (Lipinski definition) is 0. The predicted molar refractivity (Wildman–Crippen MR) is 81.5 cm³/mol. The average molecular weight is 286 g/mol. The largest absolute Gasteiger partial charge is 0.222 e. The topological polar surface area (TPSA) is 43.1 Å². The van der Waals surface area contributed by atoms with Gasteiger partial charge in [-0.05, 0) is 37.7 Å². The van der Waals surface area contributed by atoms with E-state index in [4.69, 9.17) is 9.97 Å². The molecule has 0 fully saturated rings. The van der Waals surface area contributed by atoms with Gasteiger partial charge in [-0.1, -0.05) is 13.8 Å². The first-order valence-electron chi connectivity index (χ1n) is 7.34. The van der Waals surface area contributed by atoms with Crippen molar-refractivity contribution in [3.8, 4) is 0 Å².